The molecule has 54 heavy (non-hydrogen) atoms. The first kappa shape index (κ1) is 30.7. The third-order valence-corrected chi connectivity index (χ3v) is 11.6. The zero-order chi connectivity index (χ0) is 35.6. The average Bonchev–Trinajstić information content (AvgIpc) is 3.82. The van der Waals surface area contributed by atoms with Crippen molar-refractivity contribution in [2.24, 2.45) is 0 Å². The van der Waals surface area contributed by atoms with Gasteiger partial charge in [0, 0.05) is 53.2 Å². The first-order valence-corrected chi connectivity index (χ1v) is 18.8. The molecule has 4 nitrogen and oxygen atoms in total. The van der Waals surface area contributed by atoms with Crippen LogP contribution >= 0.6 is 11.3 Å². The maximum absolute atomic E-state index is 6.28. The highest BCUT2D eigenvalue weighted by Crippen LogP contribution is 2.42. The van der Waals surface area contributed by atoms with Crippen LogP contribution in [0.3, 0.4) is 0 Å². The second-order valence-electron chi connectivity index (χ2n) is 13.6. The lowest BCUT2D eigenvalue weighted by Crippen LogP contribution is -2.00. The van der Waals surface area contributed by atoms with Crippen molar-refractivity contribution in [3.63, 3.8) is 0 Å². The Morgan fingerprint density at radius 3 is 1.80 bits per heavy atom. The number of nitrogens with zero attached hydrogens (tertiary/aromatic N) is 3. The van der Waals surface area contributed by atoms with Gasteiger partial charge in [0.05, 0.1) is 0 Å². The van der Waals surface area contributed by atoms with Crippen molar-refractivity contribution in [1.29, 1.82) is 0 Å². The van der Waals surface area contributed by atoms with Crippen molar-refractivity contribution in [2.75, 3.05) is 0 Å². The molecule has 0 saturated carbocycles. The summed E-state index contributed by atoms with van der Waals surface area (Å²) in [7, 11) is 0. The predicted octanol–water partition coefficient (Wildman–Crippen LogP) is 13.6. The molecule has 8 aromatic carbocycles. The molecule has 5 heteroatoms. The highest BCUT2D eigenvalue weighted by Gasteiger charge is 2.17. The third kappa shape index (κ3) is 5.09. The summed E-state index contributed by atoms with van der Waals surface area (Å²) in [5.41, 5.74) is 9.08. The first-order chi connectivity index (χ1) is 26.7. The van der Waals surface area contributed by atoms with Gasteiger partial charge < -0.3 is 4.42 Å². The molecular weight excluding hydrogens is 679 g/mol. The molecule has 0 fully saturated rings. The Bertz CT molecular complexity index is 3230. The Labute approximate surface area is 314 Å². The Kier molecular flexibility index (Phi) is 7.00. The number of rotatable bonds is 5. The molecule has 0 aliphatic rings. The zero-order valence-electron chi connectivity index (χ0n) is 28.9. The molecular formula is C49H29N3OS. The summed E-state index contributed by atoms with van der Waals surface area (Å²) in [4.78, 5) is 15.4. The summed E-state index contributed by atoms with van der Waals surface area (Å²) in [6.45, 7) is 0. The van der Waals surface area contributed by atoms with Crippen LogP contribution in [-0.2, 0) is 0 Å². The van der Waals surface area contributed by atoms with Crippen molar-refractivity contribution in [3.8, 4) is 56.4 Å². The van der Waals surface area contributed by atoms with Crippen LogP contribution in [0.1, 0.15) is 0 Å². The molecule has 0 aliphatic heterocycles. The summed E-state index contributed by atoms with van der Waals surface area (Å²) in [6.07, 6.45) is 0. The van der Waals surface area contributed by atoms with Crippen LogP contribution in [0.4, 0.5) is 0 Å². The van der Waals surface area contributed by atoms with Gasteiger partial charge in [-0.3, -0.25) is 0 Å². The van der Waals surface area contributed by atoms with Crippen LogP contribution in [0, 0.1) is 0 Å². The SMILES string of the molecule is c1ccc(-c2cccc(-c3nc(-c4ccc5c(-c6cccc7c6sc6ccccc67)cccc5c4)nc(-c4ccc5c(c4)oc4ccccc45)n3)c2)cc1. The minimum absolute atomic E-state index is 0.591. The zero-order valence-corrected chi connectivity index (χ0v) is 29.7. The largest absolute Gasteiger partial charge is 0.456 e. The molecule has 0 amide bonds. The van der Waals surface area contributed by atoms with Gasteiger partial charge >= 0.3 is 0 Å². The minimum atomic E-state index is 0.591. The van der Waals surface area contributed by atoms with Crippen LogP contribution in [0.15, 0.2) is 180 Å². The molecule has 0 N–H and O–H groups in total. The number of thiophene rings is 1. The molecule has 3 heterocycles. The lowest BCUT2D eigenvalue weighted by atomic mass is 9.95. The topological polar surface area (TPSA) is 51.8 Å². The van der Waals surface area contributed by atoms with Crippen molar-refractivity contribution >= 4 is 64.2 Å². The van der Waals surface area contributed by atoms with Crippen LogP contribution in [0.2, 0.25) is 0 Å². The van der Waals surface area contributed by atoms with Gasteiger partial charge in [-0.15, -0.1) is 11.3 Å². The highest BCUT2D eigenvalue weighted by atomic mass is 32.1. The molecule has 0 spiro atoms. The number of furan rings is 1. The van der Waals surface area contributed by atoms with E-state index >= 15 is 0 Å². The van der Waals surface area contributed by atoms with E-state index < -0.39 is 0 Å². The number of benzene rings is 8. The predicted molar refractivity (Wildman–Crippen MR) is 225 cm³/mol. The van der Waals surface area contributed by atoms with Gasteiger partial charge in [0.15, 0.2) is 17.5 Å². The smallest absolute Gasteiger partial charge is 0.164 e. The fraction of sp³-hybridized carbons (Fsp3) is 0. The van der Waals surface area contributed by atoms with E-state index in [1.807, 2.05) is 41.7 Å². The molecule has 252 valence electrons. The maximum atomic E-state index is 6.28. The molecule has 0 radical (unpaired) electrons. The lowest BCUT2D eigenvalue weighted by molar-refractivity contribution is 0.669. The van der Waals surface area contributed by atoms with Crippen LogP contribution in [-0.4, -0.2) is 15.0 Å². The molecule has 0 unspecified atom stereocenters. The minimum Gasteiger partial charge on any atom is -0.456 e. The summed E-state index contributed by atoms with van der Waals surface area (Å²) in [6, 6.07) is 61.6. The van der Waals surface area contributed by atoms with Gasteiger partial charge in [0.25, 0.3) is 0 Å². The van der Waals surface area contributed by atoms with Crippen molar-refractivity contribution in [2.45, 2.75) is 0 Å². The standard InChI is InChI=1S/C49H29N3OS/c1-2-11-30(12-3-1)31-13-8-15-33(27-31)47-50-48(52-49(51-47)35-24-26-39-38-16-4-6-21-43(38)53-44(39)29-35)34-23-25-36-32(28-34)14-9-18-37(36)41-19-10-20-42-40-17-5-7-22-45(40)54-46(41)42/h1-29H. The van der Waals surface area contributed by atoms with Crippen molar-refractivity contribution < 1.29 is 4.42 Å². The number of para-hydroxylation sites is 1. The van der Waals surface area contributed by atoms with Crippen LogP contribution in [0.25, 0.3) is 109 Å². The van der Waals surface area contributed by atoms with E-state index in [-0.39, 0.29) is 0 Å². The first-order valence-electron chi connectivity index (χ1n) is 18.0. The molecule has 0 bridgehead atoms. The maximum Gasteiger partial charge on any atom is 0.164 e. The van der Waals surface area contributed by atoms with Gasteiger partial charge in [-0.2, -0.15) is 0 Å². The van der Waals surface area contributed by atoms with Crippen LogP contribution in [0.5, 0.6) is 0 Å². The fourth-order valence-electron chi connectivity index (χ4n) is 7.71. The average molecular weight is 708 g/mol. The Hall–Kier alpha value is -6.95. The van der Waals surface area contributed by atoms with Gasteiger partial charge in [-0.1, -0.05) is 140 Å². The summed E-state index contributed by atoms with van der Waals surface area (Å²) >= 11 is 1.86. The number of fused-ring (bicyclic) bond motifs is 7. The molecule has 0 saturated heterocycles. The van der Waals surface area contributed by atoms with Gasteiger partial charge in [-0.05, 0) is 63.9 Å². The summed E-state index contributed by atoms with van der Waals surface area (Å²) in [5.74, 6) is 1.82. The number of aromatic nitrogens is 3. The van der Waals surface area contributed by atoms with Crippen molar-refractivity contribution in [3.05, 3.63) is 176 Å². The van der Waals surface area contributed by atoms with Gasteiger partial charge in [-0.25, -0.2) is 15.0 Å². The quantitative estimate of drug-likeness (QED) is 0.179. The van der Waals surface area contributed by atoms with E-state index in [1.54, 1.807) is 0 Å². The summed E-state index contributed by atoms with van der Waals surface area (Å²) < 4.78 is 8.89. The van der Waals surface area contributed by atoms with E-state index in [0.29, 0.717) is 17.5 Å². The van der Waals surface area contributed by atoms with E-state index in [4.69, 9.17) is 19.4 Å². The molecule has 11 aromatic rings. The second kappa shape index (κ2) is 12.3. The van der Waals surface area contributed by atoms with Crippen molar-refractivity contribution in [1.82, 2.24) is 15.0 Å². The number of hydrogen-bond acceptors (Lipinski definition) is 5. The normalized spacial score (nSPS) is 11.7. The summed E-state index contributed by atoms with van der Waals surface area (Å²) in [5, 5.41) is 7.07. The van der Waals surface area contributed by atoms with E-state index in [2.05, 4.69) is 146 Å². The van der Waals surface area contributed by atoms with Crippen LogP contribution < -0.4 is 0 Å². The third-order valence-electron chi connectivity index (χ3n) is 10.3. The fourth-order valence-corrected chi connectivity index (χ4v) is 8.94. The Morgan fingerprint density at radius 1 is 0.352 bits per heavy atom. The van der Waals surface area contributed by atoms with E-state index in [0.717, 1.165) is 55.1 Å². The van der Waals surface area contributed by atoms with E-state index in [1.165, 1.54) is 36.7 Å². The molecule has 0 atom stereocenters. The Balaban J connectivity index is 1.07. The number of hydrogen-bond donors (Lipinski definition) is 0. The molecule has 3 aromatic heterocycles. The van der Waals surface area contributed by atoms with Gasteiger partial charge in [0.2, 0.25) is 0 Å². The second-order valence-corrected chi connectivity index (χ2v) is 14.6. The Morgan fingerprint density at radius 2 is 0.944 bits per heavy atom. The molecule has 11 rings (SSSR count). The molecule has 0 aliphatic carbocycles. The lowest BCUT2D eigenvalue weighted by Gasteiger charge is -2.12. The monoisotopic (exact) mass is 707 g/mol. The van der Waals surface area contributed by atoms with Gasteiger partial charge in [0.1, 0.15) is 11.2 Å². The highest BCUT2D eigenvalue weighted by molar-refractivity contribution is 7.26. The van der Waals surface area contributed by atoms with E-state index in [9.17, 15) is 0 Å².